The highest BCUT2D eigenvalue weighted by Crippen LogP contribution is 2.32. The minimum absolute atomic E-state index is 0.411. The summed E-state index contributed by atoms with van der Waals surface area (Å²) in [5, 5.41) is 7.58. The average Bonchev–Trinajstić information content (AvgIpc) is 3.37. The molecule has 4 rings (SSSR count). The molecule has 2 N–H and O–H groups in total. The number of nitrogens with zero attached hydrogens (tertiary/aromatic N) is 3. The van der Waals surface area contributed by atoms with Gasteiger partial charge in [0.05, 0.1) is 18.2 Å². The normalized spacial score (nSPS) is 23.2. The first kappa shape index (κ1) is 23.1. The summed E-state index contributed by atoms with van der Waals surface area (Å²) in [6.45, 7) is 7.38. The van der Waals surface area contributed by atoms with Gasteiger partial charge in [-0.1, -0.05) is 0 Å². The number of nitrogens with one attached hydrogen (secondary N) is 2. The van der Waals surface area contributed by atoms with Crippen LogP contribution in [0.4, 0.5) is 5.13 Å². The van der Waals surface area contributed by atoms with Gasteiger partial charge in [-0.3, -0.25) is 0 Å². The van der Waals surface area contributed by atoms with Crippen LogP contribution < -0.4 is 10.0 Å². The van der Waals surface area contributed by atoms with Crippen LogP contribution in [0.1, 0.15) is 35.6 Å². The first-order valence-corrected chi connectivity index (χ1v) is 14.0. The van der Waals surface area contributed by atoms with Crippen LogP contribution in [-0.2, 0) is 14.9 Å². The van der Waals surface area contributed by atoms with E-state index >= 15 is 0 Å². The van der Waals surface area contributed by atoms with E-state index in [1.165, 1.54) is 9.18 Å². The van der Waals surface area contributed by atoms with Crippen LogP contribution in [0.15, 0.2) is 5.38 Å². The lowest BCUT2D eigenvalue weighted by molar-refractivity contribution is 0.0724. The second kappa shape index (κ2) is 10.2. The molecule has 0 amide bonds. The first-order valence-electron chi connectivity index (χ1n) is 10.9. The Kier molecular flexibility index (Phi) is 7.60. The Hall–Kier alpha value is -1.11. The fraction of sp³-hybridized carbons (Fsp3) is 0.700. The van der Waals surface area contributed by atoms with Gasteiger partial charge in [0.1, 0.15) is 11.4 Å². The zero-order chi connectivity index (χ0) is 21.8. The van der Waals surface area contributed by atoms with Crippen LogP contribution in [-0.4, -0.2) is 62.1 Å². The zero-order valence-electron chi connectivity index (χ0n) is 18.1. The largest absolute Gasteiger partial charge is 0.379 e. The maximum absolute atomic E-state index is 12.4. The fourth-order valence-electron chi connectivity index (χ4n) is 4.20. The molecule has 11 heteroatoms. The molecule has 0 spiro atoms. The fourth-order valence-corrected chi connectivity index (χ4v) is 6.99. The van der Waals surface area contributed by atoms with Crippen LogP contribution in [0.5, 0.6) is 0 Å². The molecule has 1 saturated carbocycles. The van der Waals surface area contributed by atoms with Crippen molar-refractivity contribution in [2.45, 2.75) is 39.5 Å². The van der Waals surface area contributed by atoms with E-state index in [0.29, 0.717) is 44.7 Å². The molecule has 0 atom stereocenters. The van der Waals surface area contributed by atoms with E-state index < -0.39 is 10.2 Å². The van der Waals surface area contributed by atoms with Crippen molar-refractivity contribution in [1.29, 1.82) is 0 Å². The second-order valence-electron chi connectivity index (χ2n) is 8.31. The van der Waals surface area contributed by atoms with E-state index in [1.807, 2.05) is 6.92 Å². The molecule has 2 aromatic rings. The van der Waals surface area contributed by atoms with Gasteiger partial charge in [-0.05, 0) is 51.4 Å². The Bertz CT molecular complexity index is 961. The van der Waals surface area contributed by atoms with E-state index in [2.05, 4.69) is 27.3 Å². The molecule has 2 aliphatic rings. The molecule has 0 unspecified atom stereocenters. The lowest BCUT2D eigenvalue weighted by Crippen LogP contribution is -2.47. The summed E-state index contributed by atoms with van der Waals surface area (Å²) in [6, 6.07) is 0. The van der Waals surface area contributed by atoms with Crippen molar-refractivity contribution in [2.75, 3.05) is 44.7 Å². The highest BCUT2D eigenvalue weighted by Gasteiger charge is 2.27. The first-order chi connectivity index (χ1) is 14.9. The molecule has 0 aromatic carbocycles. The lowest BCUT2D eigenvalue weighted by atomic mass is 9.82. The van der Waals surface area contributed by atoms with Crippen molar-refractivity contribution >= 4 is 38.0 Å². The average molecular weight is 486 g/mol. The summed E-state index contributed by atoms with van der Waals surface area (Å²) in [4.78, 5) is 10.5. The van der Waals surface area contributed by atoms with E-state index in [-0.39, 0.29) is 0 Å². The maximum atomic E-state index is 12.4. The van der Waals surface area contributed by atoms with Gasteiger partial charge in [0.25, 0.3) is 10.2 Å². The smallest absolute Gasteiger partial charge is 0.279 e. The molecule has 8 nitrogen and oxygen atoms in total. The Labute approximate surface area is 192 Å². The molecular weight excluding hydrogens is 454 g/mol. The quantitative estimate of drug-likeness (QED) is 0.596. The topological polar surface area (TPSA) is 96.5 Å². The molecule has 31 heavy (non-hydrogen) atoms. The predicted molar refractivity (Wildman–Crippen MR) is 126 cm³/mol. The van der Waals surface area contributed by atoms with Crippen LogP contribution in [0.2, 0.25) is 0 Å². The highest BCUT2D eigenvalue weighted by molar-refractivity contribution is 7.87. The number of ether oxygens (including phenoxy) is 1. The van der Waals surface area contributed by atoms with Crippen LogP contribution in [0, 0.1) is 25.7 Å². The second-order valence-corrected chi connectivity index (χ2v) is 12.3. The SMILES string of the molecule is Cc1nc(-c2csc(NC[C@H]3CC[C@H](CNS(=O)(=O)N4CCOCC4)CC3)n2)c(C)s1. The highest BCUT2D eigenvalue weighted by atomic mass is 32.2. The number of hydrogen-bond donors (Lipinski definition) is 2. The zero-order valence-corrected chi connectivity index (χ0v) is 20.5. The van der Waals surface area contributed by atoms with Gasteiger partial charge in [0.15, 0.2) is 5.13 Å². The van der Waals surface area contributed by atoms with Crippen LogP contribution >= 0.6 is 22.7 Å². The molecule has 0 bridgehead atoms. The van der Waals surface area contributed by atoms with Gasteiger partial charge in [-0.15, -0.1) is 22.7 Å². The summed E-state index contributed by atoms with van der Waals surface area (Å²) >= 11 is 3.33. The van der Waals surface area contributed by atoms with E-state index in [4.69, 9.17) is 9.72 Å². The molecule has 3 heterocycles. The van der Waals surface area contributed by atoms with Crippen molar-refractivity contribution < 1.29 is 13.2 Å². The molecule has 2 aromatic heterocycles. The van der Waals surface area contributed by atoms with Crippen molar-refractivity contribution in [3.63, 3.8) is 0 Å². The Morgan fingerprint density at radius 2 is 1.77 bits per heavy atom. The number of aromatic nitrogens is 2. The Balaban J connectivity index is 1.19. The van der Waals surface area contributed by atoms with Gasteiger partial charge < -0.3 is 10.1 Å². The van der Waals surface area contributed by atoms with Crippen molar-refractivity contribution in [2.24, 2.45) is 11.8 Å². The third-order valence-corrected chi connectivity index (χ3v) is 9.29. The predicted octanol–water partition coefficient (Wildman–Crippen LogP) is 3.27. The van der Waals surface area contributed by atoms with Gasteiger partial charge in [-0.25, -0.2) is 14.7 Å². The van der Waals surface area contributed by atoms with Crippen molar-refractivity contribution in [1.82, 2.24) is 19.0 Å². The Morgan fingerprint density at radius 1 is 1.10 bits per heavy atom. The lowest BCUT2D eigenvalue weighted by Gasteiger charge is -2.30. The summed E-state index contributed by atoms with van der Waals surface area (Å²) in [6.07, 6.45) is 4.33. The number of hydrogen-bond acceptors (Lipinski definition) is 8. The third kappa shape index (κ3) is 6.02. The van der Waals surface area contributed by atoms with Gasteiger partial charge in [0, 0.05) is 36.4 Å². The number of aryl methyl sites for hydroxylation is 2. The third-order valence-electron chi connectivity index (χ3n) is 6.02. The number of rotatable bonds is 8. The molecular formula is C20H31N5O3S3. The van der Waals surface area contributed by atoms with Crippen LogP contribution in [0.25, 0.3) is 11.4 Å². The summed E-state index contributed by atoms with van der Waals surface area (Å²) < 4.78 is 34.4. The molecule has 1 aliphatic carbocycles. The minimum atomic E-state index is -3.39. The van der Waals surface area contributed by atoms with Gasteiger partial charge in [0.2, 0.25) is 0 Å². The monoisotopic (exact) mass is 485 g/mol. The summed E-state index contributed by atoms with van der Waals surface area (Å²) in [5.41, 5.74) is 1.94. The number of morpholine rings is 1. The molecule has 172 valence electrons. The van der Waals surface area contributed by atoms with Crippen molar-refractivity contribution in [3.8, 4) is 11.4 Å². The summed E-state index contributed by atoms with van der Waals surface area (Å²) in [7, 11) is -3.39. The molecule has 0 radical (unpaired) electrons. The number of thiazole rings is 2. The Morgan fingerprint density at radius 3 is 2.42 bits per heavy atom. The maximum Gasteiger partial charge on any atom is 0.279 e. The van der Waals surface area contributed by atoms with E-state index in [1.54, 1.807) is 22.7 Å². The number of anilines is 1. The van der Waals surface area contributed by atoms with Crippen LogP contribution in [0.3, 0.4) is 0 Å². The molecule has 1 saturated heterocycles. The van der Waals surface area contributed by atoms with E-state index in [0.717, 1.165) is 53.8 Å². The molecule has 2 fully saturated rings. The standard InChI is InChI=1S/C20H31N5O3S3/c1-14-19(23-15(2)30-14)18-13-29-20(24-18)21-11-16-3-5-17(6-4-16)12-22-31(26,27)25-7-9-28-10-8-25/h13,16-17,22H,3-12H2,1-2H3,(H,21,24)/t16-,17-. The van der Waals surface area contributed by atoms with Gasteiger partial charge >= 0.3 is 0 Å². The summed E-state index contributed by atoms with van der Waals surface area (Å²) in [5.74, 6) is 1.01. The van der Waals surface area contributed by atoms with E-state index in [9.17, 15) is 8.42 Å². The van der Waals surface area contributed by atoms with Gasteiger partial charge in [-0.2, -0.15) is 12.7 Å². The minimum Gasteiger partial charge on any atom is -0.379 e. The van der Waals surface area contributed by atoms with Crippen molar-refractivity contribution in [3.05, 3.63) is 15.3 Å². The molecule has 1 aliphatic heterocycles.